The molecule has 0 bridgehead atoms. The number of fused-ring (bicyclic) bond motifs is 5. The minimum Gasteiger partial charge on any atom is -0.462 e. The van der Waals surface area contributed by atoms with E-state index in [9.17, 15) is 4.79 Å². The molecule has 0 fully saturated rings. The molecule has 0 aliphatic rings. The van der Waals surface area contributed by atoms with Crippen LogP contribution < -0.4 is 0 Å². The van der Waals surface area contributed by atoms with Crippen molar-refractivity contribution in [3.63, 3.8) is 0 Å². The van der Waals surface area contributed by atoms with Crippen LogP contribution in [0.3, 0.4) is 0 Å². The van der Waals surface area contributed by atoms with E-state index >= 15 is 0 Å². The predicted octanol–water partition coefficient (Wildman–Crippen LogP) is 5.32. The van der Waals surface area contributed by atoms with Crippen LogP contribution in [-0.2, 0) is 4.74 Å². The highest BCUT2D eigenvalue weighted by molar-refractivity contribution is 6.24. The van der Waals surface area contributed by atoms with Gasteiger partial charge in [-0.3, -0.25) is 0 Å². The predicted molar refractivity (Wildman–Crippen MR) is 94.9 cm³/mol. The van der Waals surface area contributed by atoms with Gasteiger partial charge in [-0.15, -0.1) is 0 Å². The minimum absolute atomic E-state index is 0.264. The van der Waals surface area contributed by atoms with Gasteiger partial charge >= 0.3 is 5.97 Å². The van der Waals surface area contributed by atoms with Gasteiger partial charge in [0.2, 0.25) is 0 Å². The molecular weight excluding hydrogens is 284 g/mol. The van der Waals surface area contributed by atoms with Gasteiger partial charge in [0, 0.05) is 5.39 Å². The molecule has 4 aromatic carbocycles. The maximum atomic E-state index is 12.5. The molecule has 0 saturated heterocycles. The third kappa shape index (κ3) is 2.15. The van der Waals surface area contributed by atoms with E-state index in [-0.39, 0.29) is 5.97 Å². The summed E-state index contributed by atoms with van der Waals surface area (Å²) in [4.78, 5) is 12.5. The Bertz CT molecular complexity index is 1050. The van der Waals surface area contributed by atoms with E-state index in [4.69, 9.17) is 4.74 Å². The van der Waals surface area contributed by atoms with Gasteiger partial charge in [0.05, 0.1) is 12.2 Å². The van der Waals surface area contributed by atoms with Crippen molar-refractivity contribution in [2.45, 2.75) is 6.92 Å². The Hall–Kier alpha value is -2.87. The summed E-state index contributed by atoms with van der Waals surface area (Å²) < 4.78 is 5.29. The highest BCUT2D eigenvalue weighted by atomic mass is 16.5. The molecule has 4 rings (SSSR count). The summed E-state index contributed by atoms with van der Waals surface area (Å²) in [5.41, 5.74) is 0.636. The molecule has 0 unspecified atom stereocenters. The van der Waals surface area contributed by atoms with Gasteiger partial charge in [-0.25, -0.2) is 4.79 Å². The zero-order valence-corrected chi connectivity index (χ0v) is 12.9. The van der Waals surface area contributed by atoms with E-state index in [0.29, 0.717) is 12.2 Å². The normalized spacial score (nSPS) is 11.2. The lowest BCUT2D eigenvalue weighted by molar-refractivity contribution is 0.0529. The lowest BCUT2D eigenvalue weighted by Crippen LogP contribution is -2.05. The second-order valence-electron chi connectivity index (χ2n) is 5.57. The zero-order valence-electron chi connectivity index (χ0n) is 12.9. The Balaban J connectivity index is 2.23. The van der Waals surface area contributed by atoms with Gasteiger partial charge < -0.3 is 4.74 Å². The van der Waals surface area contributed by atoms with Gasteiger partial charge in [-0.05, 0) is 39.9 Å². The van der Waals surface area contributed by atoms with Crippen LogP contribution in [-0.4, -0.2) is 12.6 Å². The van der Waals surface area contributed by atoms with Gasteiger partial charge in [0.1, 0.15) is 0 Å². The molecule has 23 heavy (non-hydrogen) atoms. The maximum Gasteiger partial charge on any atom is 0.338 e. The summed E-state index contributed by atoms with van der Waals surface area (Å²) in [6, 6.07) is 22.5. The molecule has 0 radical (unpaired) electrons. The molecule has 0 heterocycles. The van der Waals surface area contributed by atoms with Crippen LogP contribution in [0.25, 0.3) is 32.3 Å². The molecule has 2 heteroatoms. The average molecular weight is 300 g/mol. The van der Waals surface area contributed by atoms with Crippen molar-refractivity contribution in [1.82, 2.24) is 0 Å². The molecule has 2 nitrogen and oxygen atoms in total. The Labute approximate surface area is 134 Å². The van der Waals surface area contributed by atoms with Gasteiger partial charge in [-0.1, -0.05) is 60.7 Å². The number of carbonyl (C=O) groups excluding carboxylic acids is 1. The standard InChI is InChI=1S/C21H16O2/c1-2-23-21(22)19-13-15-8-4-5-9-16(15)18-12-11-14-7-3-6-10-17(14)20(18)19/h3-13H,2H2,1H3. The Morgan fingerprint density at radius 1 is 0.826 bits per heavy atom. The van der Waals surface area contributed by atoms with Gasteiger partial charge in [0.25, 0.3) is 0 Å². The van der Waals surface area contributed by atoms with E-state index in [0.717, 1.165) is 32.3 Å². The fraction of sp³-hybridized carbons (Fsp3) is 0.0952. The molecule has 0 amide bonds. The van der Waals surface area contributed by atoms with Gasteiger partial charge in [0.15, 0.2) is 0 Å². The van der Waals surface area contributed by atoms with E-state index < -0.39 is 0 Å². The molecular formula is C21H16O2. The summed E-state index contributed by atoms with van der Waals surface area (Å²) in [5.74, 6) is -0.264. The number of esters is 1. The van der Waals surface area contributed by atoms with Crippen molar-refractivity contribution in [1.29, 1.82) is 0 Å². The van der Waals surface area contributed by atoms with Crippen LogP contribution in [0.1, 0.15) is 17.3 Å². The van der Waals surface area contributed by atoms with Crippen LogP contribution in [0.5, 0.6) is 0 Å². The van der Waals surface area contributed by atoms with Crippen molar-refractivity contribution in [2.24, 2.45) is 0 Å². The van der Waals surface area contributed by atoms with Crippen LogP contribution >= 0.6 is 0 Å². The Morgan fingerprint density at radius 3 is 2.30 bits per heavy atom. The number of hydrogen-bond acceptors (Lipinski definition) is 2. The number of rotatable bonds is 2. The number of ether oxygens (including phenoxy) is 1. The van der Waals surface area contributed by atoms with Gasteiger partial charge in [-0.2, -0.15) is 0 Å². The fourth-order valence-electron chi connectivity index (χ4n) is 3.25. The maximum absolute atomic E-state index is 12.5. The average Bonchev–Trinajstić information content (AvgIpc) is 2.60. The molecule has 0 N–H and O–H groups in total. The van der Waals surface area contributed by atoms with Crippen LogP contribution in [0, 0.1) is 0 Å². The van der Waals surface area contributed by atoms with Crippen LogP contribution in [0.4, 0.5) is 0 Å². The highest BCUT2D eigenvalue weighted by Crippen LogP contribution is 2.34. The first kappa shape index (κ1) is 13.8. The Morgan fingerprint density at radius 2 is 1.52 bits per heavy atom. The largest absolute Gasteiger partial charge is 0.462 e. The summed E-state index contributed by atoms with van der Waals surface area (Å²) >= 11 is 0. The van der Waals surface area contributed by atoms with Crippen LogP contribution in [0.15, 0.2) is 66.7 Å². The smallest absolute Gasteiger partial charge is 0.338 e. The van der Waals surface area contributed by atoms with Crippen molar-refractivity contribution in [3.05, 3.63) is 72.3 Å². The molecule has 0 atom stereocenters. The lowest BCUT2D eigenvalue weighted by Gasteiger charge is -2.12. The molecule has 0 spiro atoms. The third-order valence-corrected chi connectivity index (χ3v) is 4.24. The molecule has 112 valence electrons. The van der Waals surface area contributed by atoms with E-state index in [1.165, 1.54) is 0 Å². The van der Waals surface area contributed by atoms with Crippen LogP contribution in [0.2, 0.25) is 0 Å². The van der Waals surface area contributed by atoms with E-state index in [2.05, 4.69) is 30.3 Å². The molecule has 0 aliphatic carbocycles. The molecule has 0 aliphatic heterocycles. The number of carbonyl (C=O) groups is 1. The fourth-order valence-corrected chi connectivity index (χ4v) is 3.25. The first-order chi connectivity index (χ1) is 11.3. The summed E-state index contributed by atoms with van der Waals surface area (Å²) in [5, 5.41) is 6.48. The lowest BCUT2D eigenvalue weighted by atomic mass is 9.93. The molecule has 0 aromatic heterocycles. The first-order valence-electron chi connectivity index (χ1n) is 7.80. The van der Waals surface area contributed by atoms with Crippen molar-refractivity contribution in [2.75, 3.05) is 6.61 Å². The summed E-state index contributed by atoms with van der Waals surface area (Å²) in [6.45, 7) is 2.21. The summed E-state index contributed by atoms with van der Waals surface area (Å²) in [6.07, 6.45) is 0. The SMILES string of the molecule is CCOC(=O)c1cc2ccccc2c2ccc3ccccc3c12. The minimum atomic E-state index is -0.264. The number of benzene rings is 4. The van der Waals surface area contributed by atoms with Crippen molar-refractivity contribution >= 4 is 38.3 Å². The van der Waals surface area contributed by atoms with E-state index in [1.807, 2.05) is 43.3 Å². The monoisotopic (exact) mass is 300 g/mol. The molecule has 0 saturated carbocycles. The number of hydrogen-bond donors (Lipinski definition) is 0. The highest BCUT2D eigenvalue weighted by Gasteiger charge is 2.16. The second kappa shape index (κ2) is 5.40. The van der Waals surface area contributed by atoms with E-state index in [1.54, 1.807) is 0 Å². The molecule has 4 aromatic rings. The van der Waals surface area contributed by atoms with Crippen molar-refractivity contribution < 1.29 is 9.53 Å². The topological polar surface area (TPSA) is 26.3 Å². The van der Waals surface area contributed by atoms with Crippen molar-refractivity contribution in [3.8, 4) is 0 Å². The second-order valence-corrected chi connectivity index (χ2v) is 5.57. The third-order valence-electron chi connectivity index (χ3n) is 4.24. The summed E-state index contributed by atoms with van der Waals surface area (Å²) in [7, 11) is 0. The first-order valence-corrected chi connectivity index (χ1v) is 7.80. The Kier molecular flexibility index (Phi) is 3.23. The zero-order chi connectivity index (χ0) is 15.8. The quantitative estimate of drug-likeness (QED) is 0.370.